The first-order valence-electron chi connectivity index (χ1n) is 4.19. The SMILES string of the molecule is O=C1OCCN1c1ccc(F)c(F)c1F. The molecule has 1 aliphatic heterocycles. The minimum absolute atomic E-state index is 0.108. The van der Waals surface area contributed by atoms with Gasteiger partial charge in [-0.05, 0) is 12.1 Å². The number of benzene rings is 1. The highest BCUT2D eigenvalue weighted by Crippen LogP contribution is 2.25. The quantitative estimate of drug-likeness (QED) is 0.674. The zero-order valence-corrected chi connectivity index (χ0v) is 7.47. The van der Waals surface area contributed by atoms with E-state index in [1.165, 1.54) is 0 Å². The molecule has 6 heteroatoms. The average molecular weight is 217 g/mol. The molecule has 0 radical (unpaired) electrons. The molecule has 1 fully saturated rings. The van der Waals surface area contributed by atoms with Crippen molar-refractivity contribution in [2.75, 3.05) is 18.1 Å². The molecule has 3 nitrogen and oxygen atoms in total. The van der Waals surface area contributed by atoms with Crippen LogP contribution in [-0.2, 0) is 4.74 Å². The highest BCUT2D eigenvalue weighted by Gasteiger charge is 2.28. The molecule has 2 rings (SSSR count). The number of carbonyl (C=O) groups excluding carboxylic acids is 1. The fraction of sp³-hybridized carbons (Fsp3) is 0.222. The van der Waals surface area contributed by atoms with Gasteiger partial charge < -0.3 is 4.74 Å². The standard InChI is InChI=1S/C9H6F3NO2/c10-5-1-2-6(8(12)7(5)11)13-3-4-15-9(13)14/h1-2H,3-4H2. The first-order chi connectivity index (χ1) is 7.11. The van der Waals surface area contributed by atoms with Crippen LogP contribution in [0.2, 0.25) is 0 Å². The van der Waals surface area contributed by atoms with Gasteiger partial charge in [-0.15, -0.1) is 0 Å². The van der Waals surface area contributed by atoms with E-state index in [0.717, 1.165) is 17.0 Å². The molecule has 15 heavy (non-hydrogen) atoms. The molecule has 1 amide bonds. The summed E-state index contributed by atoms with van der Waals surface area (Å²) in [5.74, 6) is -4.26. The molecule has 0 spiro atoms. The Morgan fingerprint density at radius 1 is 1.20 bits per heavy atom. The summed E-state index contributed by atoms with van der Waals surface area (Å²) in [7, 11) is 0. The minimum atomic E-state index is -1.59. The minimum Gasteiger partial charge on any atom is -0.447 e. The number of hydrogen-bond donors (Lipinski definition) is 0. The molecule has 0 saturated carbocycles. The lowest BCUT2D eigenvalue weighted by atomic mass is 10.2. The summed E-state index contributed by atoms with van der Waals surface area (Å²) < 4.78 is 43.2. The maximum Gasteiger partial charge on any atom is 0.414 e. The third-order valence-corrected chi connectivity index (χ3v) is 2.07. The van der Waals surface area contributed by atoms with E-state index in [1.807, 2.05) is 0 Å². The monoisotopic (exact) mass is 217 g/mol. The predicted octanol–water partition coefficient (Wildman–Crippen LogP) is 2.06. The molecule has 0 bridgehead atoms. The molecule has 1 aromatic carbocycles. The van der Waals surface area contributed by atoms with E-state index in [-0.39, 0.29) is 18.8 Å². The van der Waals surface area contributed by atoms with Crippen LogP contribution in [0.25, 0.3) is 0 Å². The maximum atomic E-state index is 13.2. The number of carbonyl (C=O) groups is 1. The Bertz CT molecular complexity index is 422. The van der Waals surface area contributed by atoms with Crippen molar-refractivity contribution in [2.45, 2.75) is 0 Å². The fourth-order valence-corrected chi connectivity index (χ4v) is 1.34. The molecule has 80 valence electrons. The Morgan fingerprint density at radius 2 is 1.93 bits per heavy atom. The normalized spacial score (nSPS) is 15.7. The molecular formula is C9H6F3NO2. The lowest BCUT2D eigenvalue weighted by Gasteiger charge is -2.13. The second-order valence-electron chi connectivity index (χ2n) is 2.96. The van der Waals surface area contributed by atoms with Crippen LogP contribution in [0.1, 0.15) is 0 Å². The molecule has 1 saturated heterocycles. The smallest absolute Gasteiger partial charge is 0.414 e. The molecule has 1 aromatic rings. The zero-order chi connectivity index (χ0) is 11.0. The van der Waals surface area contributed by atoms with Crippen molar-refractivity contribution in [3.63, 3.8) is 0 Å². The van der Waals surface area contributed by atoms with Gasteiger partial charge in [-0.3, -0.25) is 4.90 Å². The Morgan fingerprint density at radius 3 is 2.53 bits per heavy atom. The van der Waals surface area contributed by atoms with Gasteiger partial charge in [0.25, 0.3) is 0 Å². The number of nitrogens with zero attached hydrogens (tertiary/aromatic N) is 1. The van der Waals surface area contributed by atoms with Crippen molar-refractivity contribution < 1.29 is 22.7 Å². The molecule has 1 aliphatic rings. The lowest BCUT2D eigenvalue weighted by Crippen LogP contribution is -2.24. The van der Waals surface area contributed by atoms with Gasteiger partial charge >= 0.3 is 6.09 Å². The summed E-state index contributed by atoms with van der Waals surface area (Å²) in [6.45, 7) is 0.234. The van der Waals surface area contributed by atoms with Crippen molar-refractivity contribution in [3.05, 3.63) is 29.6 Å². The average Bonchev–Trinajstić information content (AvgIpc) is 2.62. The summed E-state index contributed by atoms with van der Waals surface area (Å²) in [6, 6.07) is 1.76. The number of cyclic esters (lactones) is 1. The van der Waals surface area contributed by atoms with Crippen LogP contribution < -0.4 is 4.90 Å². The summed E-state index contributed by atoms with van der Waals surface area (Å²) in [4.78, 5) is 12.0. The molecule has 0 aliphatic carbocycles. The molecular weight excluding hydrogens is 211 g/mol. The maximum absolute atomic E-state index is 13.2. The third kappa shape index (κ3) is 1.51. The van der Waals surface area contributed by atoms with Crippen LogP contribution in [0, 0.1) is 17.5 Å². The van der Waals surface area contributed by atoms with E-state index in [4.69, 9.17) is 0 Å². The van der Waals surface area contributed by atoms with Crippen LogP contribution in [0.4, 0.5) is 23.7 Å². The second kappa shape index (κ2) is 3.45. The van der Waals surface area contributed by atoms with Crippen molar-refractivity contribution in [1.29, 1.82) is 0 Å². The second-order valence-corrected chi connectivity index (χ2v) is 2.96. The Labute approximate surface area is 83.1 Å². The Kier molecular flexibility index (Phi) is 2.26. The largest absolute Gasteiger partial charge is 0.447 e. The van der Waals surface area contributed by atoms with Gasteiger partial charge in [0.2, 0.25) is 0 Å². The molecule has 0 aromatic heterocycles. The Balaban J connectivity index is 2.45. The molecule has 1 heterocycles. The summed E-state index contributed by atoms with van der Waals surface area (Å²) in [5.41, 5.74) is -0.309. The van der Waals surface area contributed by atoms with Crippen molar-refractivity contribution in [3.8, 4) is 0 Å². The summed E-state index contributed by atoms with van der Waals surface area (Å²) in [5, 5.41) is 0. The number of halogens is 3. The molecule has 0 unspecified atom stereocenters. The van der Waals surface area contributed by atoms with Crippen molar-refractivity contribution in [1.82, 2.24) is 0 Å². The van der Waals surface area contributed by atoms with E-state index in [1.54, 1.807) is 0 Å². The Hall–Kier alpha value is -1.72. The van der Waals surface area contributed by atoms with Gasteiger partial charge in [0, 0.05) is 0 Å². The number of rotatable bonds is 1. The van der Waals surface area contributed by atoms with E-state index < -0.39 is 23.5 Å². The van der Waals surface area contributed by atoms with Crippen LogP contribution >= 0.6 is 0 Å². The zero-order valence-electron chi connectivity index (χ0n) is 7.47. The predicted molar refractivity (Wildman–Crippen MR) is 45.0 cm³/mol. The van der Waals surface area contributed by atoms with E-state index in [9.17, 15) is 18.0 Å². The highest BCUT2D eigenvalue weighted by atomic mass is 19.2. The highest BCUT2D eigenvalue weighted by molar-refractivity contribution is 5.89. The fourth-order valence-electron chi connectivity index (χ4n) is 1.34. The van der Waals surface area contributed by atoms with Crippen LogP contribution in [0.5, 0.6) is 0 Å². The van der Waals surface area contributed by atoms with E-state index in [2.05, 4.69) is 4.74 Å². The molecule has 0 atom stereocenters. The van der Waals surface area contributed by atoms with Gasteiger partial charge in [0.1, 0.15) is 6.61 Å². The van der Waals surface area contributed by atoms with Gasteiger partial charge in [0.05, 0.1) is 12.2 Å². The number of hydrogen-bond acceptors (Lipinski definition) is 2. The first-order valence-corrected chi connectivity index (χ1v) is 4.19. The number of ether oxygens (including phenoxy) is 1. The van der Waals surface area contributed by atoms with Crippen molar-refractivity contribution >= 4 is 11.8 Å². The van der Waals surface area contributed by atoms with E-state index >= 15 is 0 Å². The lowest BCUT2D eigenvalue weighted by molar-refractivity contribution is 0.181. The van der Waals surface area contributed by atoms with Gasteiger partial charge in [0.15, 0.2) is 17.5 Å². The van der Waals surface area contributed by atoms with Crippen LogP contribution in [0.15, 0.2) is 12.1 Å². The third-order valence-electron chi connectivity index (χ3n) is 2.07. The van der Waals surface area contributed by atoms with Gasteiger partial charge in [-0.2, -0.15) is 0 Å². The topological polar surface area (TPSA) is 29.5 Å². The van der Waals surface area contributed by atoms with Crippen LogP contribution in [-0.4, -0.2) is 19.2 Å². The number of anilines is 1. The van der Waals surface area contributed by atoms with Gasteiger partial charge in [-0.25, -0.2) is 18.0 Å². The number of amides is 1. The molecule has 0 N–H and O–H groups in total. The van der Waals surface area contributed by atoms with E-state index in [0.29, 0.717) is 0 Å². The van der Waals surface area contributed by atoms with Gasteiger partial charge in [-0.1, -0.05) is 0 Å². The summed E-state index contributed by atoms with van der Waals surface area (Å²) >= 11 is 0. The van der Waals surface area contributed by atoms with Crippen molar-refractivity contribution in [2.24, 2.45) is 0 Å². The summed E-state index contributed by atoms with van der Waals surface area (Å²) in [6.07, 6.45) is -0.764. The first kappa shape index (κ1) is 9.82. The van der Waals surface area contributed by atoms with Crippen LogP contribution in [0.3, 0.4) is 0 Å².